The van der Waals surface area contributed by atoms with Gasteiger partial charge in [-0.1, -0.05) is 0 Å². The lowest BCUT2D eigenvalue weighted by Crippen LogP contribution is -2.27. The Morgan fingerprint density at radius 3 is 2.39 bits per heavy atom. The Kier molecular flexibility index (Phi) is 4.16. The number of nitrogens with two attached hydrogens (primary N) is 1. The number of rotatable bonds is 4. The van der Waals surface area contributed by atoms with Crippen molar-refractivity contribution in [1.29, 1.82) is 0 Å². The highest BCUT2D eigenvalue weighted by Gasteiger charge is 2.33. The van der Waals surface area contributed by atoms with Gasteiger partial charge in [-0.05, 0) is 23.8 Å². The van der Waals surface area contributed by atoms with E-state index in [0.29, 0.717) is 6.54 Å². The zero-order chi connectivity index (χ0) is 13.1. The topological polar surface area (TPSA) is 47.7 Å². The second-order valence-corrected chi connectivity index (χ2v) is 4.43. The lowest BCUT2D eigenvalue weighted by Gasteiger charge is -2.21. The number of anilines is 1. The molecular formula is C13H19FN2O2. The summed E-state index contributed by atoms with van der Waals surface area (Å²) in [4.78, 5) is 2.13. The Morgan fingerprint density at radius 2 is 1.89 bits per heavy atom. The average molecular weight is 254 g/mol. The van der Waals surface area contributed by atoms with Gasteiger partial charge in [-0.2, -0.15) is 0 Å². The monoisotopic (exact) mass is 254 g/mol. The van der Waals surface area contributed by atoms with Crippen molar-refractivity contribution in [2.24, 2.45) is 5.73 Å². The van der Waals surface area contributed by atoms with Gasteiger partial charge in [-0.15, -0.1) is 0 Å². The zero-order valence-corrected chi connectivity index (χ0v) is 10.7. The number of hydrogen-bond donors (Lipinski definition) is 1. The van der Waals surface area contributed by atoms with E-state index in [1.807, 2.05) is 0 Å². The molecule has 2 N–H and O–H groups in total. The van der Waals surface area contributed by atoms with Crippen LogP contribution in [0.1, 0.15) is 5.56 Å². The molecule has 100 valence electrons. The third-order valence-corrected chi connectivity index (χ3v) is 3.42. The third kappa shape index (κ3) is 2.48. The minimum absolute atomic E-state index is 0.0330. The van der Waals surface area contributed by atoms with E-state index in [4.69, 9.17) is 15.2 Å². The molecule has 18 heavy (non-hydrogen) atoms. The highest BCUT2D eigenvalue weighted by molar-refractivity contribution is 5.55. The van der Waals surface area contributed by atoms with Gasteiger partial charge in [0.25, 0.3) is 0 Å². The van der Waals surface area contributed by atoms with Gasteiger partial charge in [0.05, 0.1) is 0 Å². The highest BCUT2D eigenvalue weighted by atomic mass is 19.1. The second-order valence-electron chi connectivity index (χ2n) is 4.43. The predicted molar refractivity (Wildman–Crippen MR) is 68.1 cm³/mol. The molecule has 5 heteroatoms. The van der Waals surface area contributed by atoms with Gasteiger partial charge >= 0.3 is 0 Å². The lowest BCUT2D eigenvalue weighted by molar-refractivity contribution is -0.00461. The maximum absolute atomic E-state index is 13.2. The molecule has 4 nitrogen and oxygen atoms in total. The van der Waals surface area contributed by atoms with Crippen LogP contribution in [0.2, 0.25) is 0 Å². The first-order valence-electron chi connectivity index (χ1n) is 5.98. The summed E-state index contributed by atoms with van der Waals surface area (Å²) in [5.41, 5.74) is 7.43. The normalized spacial score (nSPS) is 23.7. The van der Waals surface area contributed by atoms with Crippen molar-refractivity contribution >= 4 is 5.69 Å². The number of benzene rings is 1. The molecule has 0 spiro atoms. The molecule has 0 amide bonds. The van der Waals surface area contributed by atoms with Crippen LogP contribution in [0.3, 0.4) is 0 Å². The number of nitrogens with zero attached hydrogens (tertiary/aromatic N) is 1. The third-order valence-electron chi connectivity index (χ3n) is 3.42. The summed E-state index contributed by atoms with van der Waals surface area (Å²) in [6.07, 6.45) is 0.0661. The molecule has 2 unspecified atom stereocenters. The smallest absolute Gasteiger partial charge is 0.123 e. The number of hydrogen-bond acceptors (Lipinski definition) is 4. The number of ether oxygens (including phenoxy) is 2. The SMILES string of the molecule is COC1CN(c2ccc(F)cc2CN)CC1OC. The molecule has 2 atom stereocenters. The van der Waals surface area contributed by atoms with Crippen molar-refractivity contribution < 1.29 is 13.9 Å². The predicted octanol–water partition coefficient (Wildman–Crippen LogP) is 1.13. The molecule has 1 heterocycles. The second kappa shape index (κ2) is 5.65. The first kappa shape index (κ1) is 13.3. The minimum Gasteiger partial charge on any atom is -0.377 e. The van der Waals surface area contributed by atoms with Crippen LogP contribution < -0.4 is 10.6 Å². The summed E-state index contributed by atoms with van der Waals surface area (Å²) in [5.74, 6) is -0.259. The average Bonchev–Trinajstić information content (AvgIpc) is 2.81. The van der Waals surface area contributed by atoms with E-state index in [1.165, 1.54) is 12.1 Å². The Balaban J connectivity index is 2.22. The molecule has 0 aliphatic carbocycles. The summed E-state index contributed by atoms with van der Waals surface area (Å²) in [6, 6.07) is 4.70. The van der Waals surface area contributed by atoms with Crippen LogP contribution in [0.25, 0.3) is 0 Å². The standard InChI is InChI=1S/C13H19FN2O2/c1-17-12-7-16(8-13(12)18-2)11-4-3-10(14)5-9(11)6-15/h3-5,12-13H,6-8,15H2,1-2H3. The van der Waals surface area contributed by atoms with Crippen molar-refractivity contribution in [2.45, 2.75) is 18.8 Å². The molecule has 1 aliphatic heterocycles. The Labute approximate surface area is 106 Å². The van der Waals surface area contributed by atoms with Crippen LogP contribution in [0.4, 0.5) is 10.1 Å². The summed E-state index contributed by atoms with van der Waals surface area (Å²) in [5, 5.41) is 0. The summed E-state index contributed by atoms with van der Waals surface area (Å²) >= 11 is 0. The van der Waals surface area contributed by atoms with Gasteiger partial charge in [0.15, 0.2) is 0 Å². The fourth-order valence-electron chi connectivity index (χ4n) is 2.42. The van der Waals surface area contributed by atoms with Gasteiger partial charge in [0.2, 0.25) is 0 Å². The van der Waals surface area contributed by atoms with E-state index in [1.54, 1.807) is 20.3 Å². The van der Waals surface area contributed by atoms with Gasteiger partial charge < -0.3 is 20.1 Å². The van der Waals surface area contributed by atoms with E-state index in [9.17, 15) is 4.39 Å². The first-order chi connectivity index (χ1) is 8.69. The molecule has 0 radical (unpaired) electrons. The van der Waals surface area contributed by atoms with Crippen LogP contribution >= 0.6 is 0 Å². The molecule has 1 aliphatic rings. The lowest BCUT2D eigenvalue weighted by atomic mass is 10.1. The molecule has 0 aromatic heterocycles. The Hall–Kier alpha value is -1.17. The molecule has 1 aromatic carbocycles. The summed E-state index contributed by atoms with van der Waals surface area (Å²) in [6.45, 7) is 1.78. The van der Waals surface area contributed by atoms with E-state index >= 15 is 0 Å². The van der Waals surface area contributed by atoms with Gasteiger partial charge in [0, 0.05) is 39.5 Å². The van der Waals surface area contributed by atoms with E-state index in [0.717, 1.165) is 24.3 Å². The van der Waals surface area contributed by atoms with Gasteiger partial charge in [-0.3, -0.25) is 0 Å². The Bertz CT molecular complexity index is 402. The maximum atomic E-state index is 13.2. The molecule has 1 saturated heterocycles. The first-order valence-corrected chi connectivity index (χ1v) is 5.98. The zero-order valence-electron chi connectivity index (χ0n) is 10.7. The molecule has 2 rings (SSSR count). The maximum Gasteiger partial charge on any atom is 0.123 e. The van der Waals surface area contributed by atoms with Crippen LogP contribution in [-0.4, -0.2) is 39.5 Å². The highest BCUT2D eigenvalue weighted by Crippen LogP contribution is 2.27. The van der Waals surface area contributed by atoms with Crippen LogP contribution in [0, 0.1) is 5.82 Å². The fraction of sp³-hybridized carbons (Fsp3) is 0.538. The van der Waals surface area contributed by atoms with Crippen molar-refractivity contribution in [3.05, 3.63) is 29.6 Å². The molecular weight excluding hydrogens is 235 g/mol. The summed E-state index contributed by atoms with van der Waals surface area (Å²) < 4.78 is 24.0. The van der Waals surface area contributed by atoms with Crippen molar-refractivity contribution in [3.8, 4) is 0 Å². The number of methoxy groups -OCH3 is 2. The molecule has 0 saturated carbocycles. The van der Waals surface area contributed by atoms with Crippen molar-refractivity contribution in [2.75, 3.05) is 32.2 Å². The number of halogens is 1. The molecule has 1 aromatic rings. The molecule has 0 bridgehead atoms. The largest absolute Gasteiger partial charge is 0.377 e. The quantitative estimate of drug-likeness (QED) is 0.875. The van der Waals surface area contributed by atoms with Gasteiger partial charge in [0.1, 0.15) is 18.0 Å². The fourth-order valence-corrected chi connectivity index (χ4v) is 2.42. The van der Waals surface area contributed by atoms with Crippen LogP contribution in [-0.2, 0) is 16.0 Å². The van der Waals surface area contributed by atoms with Crippen LogP contribution in [0.15, 0.2) is 18.2 Å². The van der Waals surface area contributed by atoms with Crippen molar-refractivity contribution in [1.82, 2.24) is 0 Å². The van der Waals surface area contributed by atoms with E-state index in [2.05, 4.69) is 4.90 Å². The van der Waals surface area contributed by atoms with Crippen LogP contribution in [0.5, 0.6) is 0 Å². The van der Waals surface area contributed by atoms with Crippen molar-refractivity contribution in [3.63, 3.8) is 0 Å². The Morgan fingerprint density at radius 1 is 1.28 bits per heavy atom. The summed E-state index contributed by atoms with van der Waals surface area (Å²) in [7, 11) is 3.35. The van der Waals surface area contributed by atoms with Gasteiger partial charge in [-0.25, -0.2) is 4.39 Å². The van der Waals surface area contributed by atoms with E-state index in [-0.39, 0.29) is 18.0 Å². The van der Waals surface area contributed by atoms with E-state index < -0.39 is 0 Å². The molecule has 1 fully saturated rings. The minimum atomic E-state index is -0.259.